The topological polar surface area (TPSA) is 46.2 Å². The summed E-state index contributed by atoms with van der Waals surface area (Å²) < 4.78 is 0. The van der Waals surface area contributed by atoms with E-state index >= 15 is 0 Å². The third-order valence-corrected chi connectivity index (χ3v) is 3.46. The van der Waals surface area contributed by atoms with Crippen LogP contribution in [0.5, 0.6) is 0 Å². The lowest BCUT2D eigenvalue weighted by molar-refractivity contribution is 0.0879. The van der Waals surface area contributed by atoms with E-state index in [0.29, 0.717) is 17.5 Å². The van der Waals surface area contributed by atoms with Gasteiger partial charge in [-0.15, -0.1) is 0 Å². The van der Waals surface area contributed by atoms with Gasteiger partial charge in [-0.25, -0.2) is 0 Å². The van der Waals surface area contributed by atoms with E-state index < -0.39 is 0 Å². The van der Waals surface area contributed by atoms with Crippen molar-refractivity contribution in [3.8, 4) is 0 Å². The third kappa shape index (κ3) is 2.03. The molecule has 0 aliphatic carbocycles. The third-order valence-electron chi connectivity index (χ3n) is 3.46. The van der Waals surface area contributed by atoms with E-state index in [2.05, 4.69) is 11.9 Å². The predicted molar refractivity (Wildman–Crippen MR) is 77.6 cm³/mol. The van der Waals surface area contributed by atoms with Crippen LogP contribution >= 0.6 is 0 Å². The quantitative estimate of drug-likeness (QED) is 0.865. The Morgan fingerprint density at radius 1 is 1.00 bits per heavy atom. The van der Waals surface area contributed by atoms with Gasteiger partial charge in [-0.3, -0.25) is 14.9 Å². The summed E-state index contributed by atoms with van der Waals surface area (Å²) in [6.07, 6.45) is 2.41. The van der Waals surface area contributed by atoms with Gasteiger partial charge in [0.1, 0.15) is 0 Å². The second-order valence-electron chi connectivity index (χ2n) is 4.75. The Morgan fingerprint density at radius 3 is 2.45 bits per heavy atom. The first-order chi connectivity index (χ1) is 9.69. The van der Waals surface area contributed by atoms with Crippen LogP contribution in [-0.2, 0) is 6.42 Å². The maximum atomic E-state index is 11.8. The first-order valence-corrected chi connectivity index (χ1v) is 6.38. The van der Waals surface area contributed by atoms with Gasteiger partial charge < -0.3 is 0 Å². The first-order valence-electron chi connectivity index (χ1n) is 6.38. The van der Waals surface area contributed by atoms with Gasteiger partial charge in [-0.05, 0) is 29.2 Å². The van der Waals surface area contributed by atoms with Crippen LogP contribution in [0, 0.1) is 0 Å². The number of amides is 2. The smallest absolute Gasteiger partial charge is 0.259 e. The molecule has 1 heterocycles. The van der Waals surface area contributed by atoms with E-state index in [0.717, 1.165) is 16.7 Å². The first kappa shape index (κ1) is 12.4. The van der Waals surface area contributed by atoms with Crippen LogP contribution in [0.3, 0.4) is 0 Å². The molecule has 0 aromatic heterocycles. The van der Waals surface area contributed by atoms with Crippen molar-refractivity contribution in [2.75, 3.05) is 0 Å². The molecule has 0 spiro atoms. The van der Waals surface area contributed by atoms with E-state index in [9.17, 15) is 9.59 Å². The van der Waals surface area contributed by atoms with E-state index in [1.54, 1.807) is 12.1 Å². The number of rotatable bonds is 3. The van der Waals surface area contributed by atoms with Crippen molar-refractivity contribution in [2.24, 2.45) is 0 Å². The molecule has 1 aliphatic heterocycles. The molecule has 3 heteroatoms. The molecule has 3 nitrogen and oxygen atoms in total. The maximum Gasteiger partial charge on any atom is 0.259 e. The lowest BCUT2D eigenvalue weighted by Crippen LogP contribution is -2.20. The van der Waals surface area contributed by atoms with Gasteiger partial charge in [0.25, 0.3) is 11.8 Å². The summed E-state index contributed by atoms with van der Waals surface area (Å²) in [5.74, 6) is -0.614. The van der Waals surface area contributed by atoms with Crippen LogP contribution in [0.2, 0.25) is 0 Å². The number of hydrogen-bond donors (Lipinski definition) is 1. The van der Waals surface area contributed by atoms with Crippen LogP contribution in [0.4, 0.5) is 0 Å². The fourth-order valence-electron chi connectivity index (χ4n) is 2.43. The highest BCUT2D eigenvalue weighted by atomic mass is 16.2. The molecule has 0 bridgehead atoms. The van der Waals surface area contributed by atoms with Crippen LogP contribution in [-0.4, -0.2) is 11.8 Å². The van der Waals surface area contributed by atoms with Gasteiger partial charge >= 0.3 is 0 Å². The van der Waals surface area contributed by atoms with E-state index in [4.69, 9.17) is 0 Å². The Hall–Kier alpha value is -2.68. The van der Waals surface area contributed by atoms with Gasteiger partial charge in [-0.1, -0.05) is 49.1 Å². The van der Waals surface area contributed by atoms with Crippen molar-refractivity contribution < 1.29 is 9.59 Å². The lowest BCUT2D eigenvalue weighted by Gasteiger charge is -2.06. The van der Waals surface area contributed by atoms with Crippen LogP contribution < -0.4 is 5.32 Å². The van der Waals surface area contributed by atoms with E-state index in [1.165, 1.54) is 0 Å². The minimum atomic E-state index is -0.311. The number of carbonyl (C=O) groups is 2. The minimum absolute atomic E-state index is 0.302. The SMILES string of the molecule is C=Cc1ccc(Cc2cccc3c2C(=O)NC3=O)cc1. The highest BCUT2D eigenvalue weighted by Gasteiger charge is 2.28. The van der Waals surface area contributed by atoms with Gasteiger partial charge in [-0.2, -0.15) is 0 Å². The monoisotopic (exact) mass is 263 g/mol. The standard InChI is InChI=1S/C17H13NO2/c1-2-11-6-8-12(9-7-11)10-13-4-3-5-14-15(13)17(20)18-16(14)19/h2-9H,1,10H2,(H,18,19,20). The summed E-state index contributed by atoms with van der Waals surface area (Å²) in [6.45, 7) is 3.72. The Balaban J connectivity index is 1.97. The molecule has 0 atom stereocenters. The van der Waals surface area contributed by atoms with Crippen molar-refractivity contribution >= 4 is 17.9 Å². The number of benzene rings is 2. The Morgan fingerprint density at radius 2 is 1.75 bits per heavy atom. The van der Waals surface area contributed by atoms with Gasteiger partial charge in [0.15, 0.2) is 0 Å². The highest BCUT2D eigenvalue weighted by Crippen LogP contribution is 2.22. The van der Waals surface area contributed by atoms with E-state index in [1.807, 2.05) is 36.4 Å². The molecule has 98 valence electrons. The summed E-state index contributed by atoms with van der Waals surface area (Å²) in [7, 11) is 0. The minimum Gasteiger partial charge on any atom is -0.288 e. The summed E-state index contributed by atoms with van der Waals surface area (Å²) in [4.78, 5) is 23.5. The normalized spacial score (nSPS) is 13.0. The molecule has 1 N–H and O–H groups in total. The second-order valence-corrected chi connectivity index (χ2v) is 4.75. The van der Waals surface area contributed by atoms with Gasteiger partial charge in [0.05, 0.1) is 11.1 Å². The molecule has 2 aromatic rings. The fraction of sp³-hybridized carbons (Fsp3) is 0.0588. The average Bonchev–Trinajstić information content (AvgIpc) is 2.76. The van der Waals surface area contributed by atoms with Crippen molar-refractivity contribution in [2.45, 2.75) is 6.42 Å². The van der Waals surface area contributed by atoms with Gasteiger partial charge in [0.2, 0.25) is 0 Å². The molecule has 0 unspecified atom stereocenters. The largest absolute Gasteiger partial charge is 0.288 e. The molecular formula is C17H13NO2. The maximum absolute atomic E-state index is 11.8. The molecule has 1 aliphatic rings. The number of fused-ring (bicyclic) bond motifs is 1. The zero-order valence-electron chi connectivity index (χ0n) is 10.8. The molecule has 2 amide bonds. The molecule has 0 radical (unpaired) electrons. The molecule has 0 saturated carbocycles. The summed E-state index contributed by atoms with van der Waals surface area (Å²) in [6, 6.07) is 13.4. The zero-order chi connectivity index (χ0) is 14.1. The molecule has 2 aromatic carbocycles. The molecule has 20 heavy (non-hydrogen) atoms. The number of hydrogen-bond acceptors (Lipinski definition) is 2. The lowest BCUT2D eigenvalue weighted by atomic mass is 9.96. The second kappa shape index (κ2) is 4.78. The Kier molecular flexibility index (Phi) is 2.95. The Labute approximate surface area is 116 Å². The fourth-order valence-corrected chi connectivity index (χ4v) is 2.43. The van der Waals surface area contributed by atoms with Gasteiger partial charge in [0, 0.05) is 0 Å². The van der Waals surface area contributed by atoms with Crippen LogP contribution in [0.15, 0.2) is 49.0 Å². The van der Waals surface area contributed by atoms with Crippen molar-refractivity contribution in [3.63, 3.8) is 0 Å². The molecule has 0 fully saturated rings. The van der Waals surface area contributed by atoms with Crippen molar-refractivity contribution in [1.29, 1.82) is 0 Å². The molecular weight excluding hydrogens is 250 g/mol. The highest BCUT2D eigenvalue weighted by molar-refractivity contribution is 6.22. The number of nitrogens with one attached hydrogen (secondary N) is 1. The summed E-state index contributed by atoms with van der Waals surface area (Å²) in [5.41, 5.74) is 3.99. The predicted octanol–water partition coefficient (Wildman–Crippen LogP) is 2.80. The number of carbonyl (C=O) groups excluding carboxylic acids is 2. The molecule has 3 rings (SSSR count). The average molecular weight is 263 g/mol. The van der Waals surface area contributed by atoms with Crippen molar-refractivity contribution in [3.05, 3.63) is 76.9 Å². The molecule has 0 saturated heterocycles. The van der Waals surface area contributed by atoms with Crippen LogP contribution in [0.25, 0.3) is 6.08 Å². The van der Waals surface area contributed by atoms with Crippen LogP contribution in [0.1, 0.15) is 37.4 Å². The summed E-state index contributed by atoms with van der Waals surface area (Å²) in [5, 5.41) is 2.34. The number of imide groups is 1. The van der Waals surface area contributed by atoms with E-state index in [-0.39, 0.29) is 11.8 Å². The Bertz CT molecular complexity index is 714. The summed E-state index contributed by atoms with van der Waals surface area (Å²) >= 11 is 0. The van der Waals surface area contributed by atoms with Crippen molar-refractivity contribution in [1.82, 2.24) is 5.32 Å². The zero-order valence-corrected chi connectivity index (χ0v) is 10.8.